The Labute approximate surface area is 199 Å². The third-order valence-electron chi connectivity index (χ3n) is 6.22. The second-order valence-corrected chi connectivity index (χ2v) is 8.68. The second kappa shape index (κ2) is 10.7. The molecule has 0 spiro atoms. The van der Waals surface area contributed by atoms with Gasteiger partial charge in [-0.2, -0.15) is 0 Å². The van der Waals surface area contributed by atoms with Crippen molar-refractivity contribution in [3.8, 4) is 11.5 Å². The Kier molecular flexibility index (Phi) is 7.02. The standard InChI is InChI=1S/C27H29N3O4/c31-26-18-29(15-23-7-4-8-25-27(23)34-20-33-25)16-24(32-19-22-9-12-28-13-10-22)17-30(26)14-11-21-5-2-1-3-6-21/h1-10,12-13,24H,11,14-20H2. The maximum Gasteiger partial charge on any atom is 0.236 e. The van der Waals surface area contributed by atoms with E-state index in [2.05, 4.69) is 22.0 Å². The van der Waals surface area contributed by atoms with Crippen LogP contribution in [0.1, 0.15) is 16.7 Å². The highest BCUT2D eigenvalue weighted by Gasteiger charge is 2.29. The van der Waals surface area contributed by atoms with Crippen LogP contribution < -0.4 is 9.47 Å². The molecule has 0 N–H and O–H groups in total. The minimum atomic E-state index is -0.107. The van der Waals surface area contributed by atoms with Crippen LogP contribution in [0.2, 0.25) is 0 Å². The second-order valence-electron chi connectivity index (χ2n) is 8.68. The molecule has 7 nitrogen and oxygen atoms in total. The number of nitrogens with zero attached hydrogens (tertiary/aromatic N) is 3. The third-order valence-corrected chi connectivity index (χ3v) is 6.22. The highest BCUT2D eigenvalue weighted by Crippen LogP contribution is 2.36. The van der Waals surface area contributed by atoms with Crippen LogP contribution in [-0.4, -0.2) is 59.8 Å². The van der Waals surface area contributed by atoms with Crippen molar-refractivity contribution in [2.24, 2.45) is 0 Å². The molecule has 2 aliphatic heterocycles. The molecule has 1 unspecified atom stereocenters. The van der Waals surface area contributed by atoms with Gasteiger partial charge in [-0.3, -0.25) is 14.7 Å². The molecular formula is C27H29N3O4. The number of fused-ring (bicyclic) bond motifs is 1. The Balaban J connectivity index is 1.30. The lowest BCUT2D eigenvalue weighted by molar-refractivity contribution is -0.131. The molecule has 0 aliphatic carbocycles. The third kappa shape index (κ3) is 5.55. The van der Waals surface area contributed by atoms with Crippen molar-refractivity contribution < 1.29 is 19.0 Å². The van der Waals surface area contributed by atoms with Gasteiger partial charge in [-0.1, -0.05) is 42.5 Å². The Bertz CT molecular complexity index is 1090. The summed E-state index contributed by atoms with van der Waals surface area (Å²) in [5.74, 6) is 1.65. The smallest absolute Gasteiger partial charge is 0.236 e. The Morgan fingerprint density at radius 3 is 2.65 bits per heavy atom. The molecule has 5 rings (SSSR count). The van der Waals surface area contributed by atoms with E-state index in [0.717, 1.165) is 29.0 Å². The summed E-state index contributed by atoms with van der Waals surface area (Å²) >= 11 is 0. The van der Waals surface area contributed by atoms with Crippen LogP contribution in [0.25, 0.3) is 0 Å². The SMILES string of the molecule is O=C1CN(Cc2cccc3c2OCO3)CC(OCc2ccncc2)CN1CCc1ccccc1. The van der Waals surface area contributed by atoms with E-state index in [1.54, 1.807) is 12.4 Å². The molecule has 34 heavy (non-hydrogen) atoms. The number of benzene rings is 2. The molecule has 7 heteroatoms. The zero-order valence-electron chi connectivity index (χ0n) is 19.1. The number of ether oxygens (including phenoxy) is 3. The molecule has 1 amide bonds. The Morgan fingerprint density at radius 2 is 1.79 bits per heavy atom. The average molecular weight is 460 g/mol. The van der Waals surface area contributed by atoms with Crippen molar-refractivity contribution in [1.29, 1.82) is 0 Å². The van der Waals surface area contributed by atoms with E-state index in [4.69, 9.17) is 14.2 Å². The molecule has 176 valence electrons. The van der Waals surface area contributed by atoms with Gasteiger partial charge in [0.25, 0.3) is 0 Å². The molecule has 1 saturated heterocycles. The van der Waals surface area contributed by atoms with Crippen LogP contribution in [0, 0.1) is 0 Å². The van der Waals surface area contributed by atoms with Crippen molar-refractivity contribution in [3.63, 3.8) is 0 Å². The van der Waals surface area contributed by atoms with Gasteiger partial charge in [0, 0.05) is 44.1 Å². The van der Waals surface area contributed by atoms with Gasteiger partial charge in [0.2, 0.25) is 12.7 Å². The van der Waals surface area contributed by atoms with Crippen LogP contribution in [-0.2, 0) is 29.1 Å². The number of carbonyl (C=O) groups is 1. The molecule has 0 saturated carbocycles. The van der Waals surface area contributed by atoms with Gasteiger partial charge < -0.3 is 19.1 Å². The van der Waals surface area contributed by atoms with Gasteiger partial charge in [0.15, 0.2) is 11.5 Å². The van der Waals surface area contributed by atoms with Crippen molar-refractivity contribution in [3.05, 3.63) is 89.7 Å². The molecule has 1 atom stereocenters. The fourth-order valence-corrected chi connectivity index (χ4v) is 4.45. The number of amides is 1. The van der Waals surface area contributed by atoms with E-state index in [1.807, 2.05) is 53.4 Å². The molecule has 3 heterocycles. The Morgan fingerprint density at radius 1 is 0.941 bits per heavy atom. The van der Waals surface area contributed by atoms with Crippen molar-refractivity contribution >= 4 is 5.91 Å². The fraction of sp³-hybridized carbons (Fsp3) is 0.333. The molecule has 0 bridgehead atoms. The normalized spacial score (nSPS) is 18.2. The molecule has 2 aliphatic rings. The number of para-hydroxylation sites is 1. The summed E-state index contributed by atoms with van der Waals surface area (Å²) in [5, 5.41) is 0. The van der Waals surface area contributed by atoms with Gasteiger partial charge in [0.1, 0.15) is 0 Å². The average Bonchev–Trinajstić information content (AvgIpc) is 3.30. The molecule has 0 radical (unpaired) electrons. The van der Waals surface area contributed by atoms with Crippen molar-refractivity contribution in [2.75, 3.05) is 33.0 Å². The van der Waals surface area contributed by atoms with Gasteiger partial charge >= 0.3 is 0 Å². The summed E-state index contributed by atoms with van der Waals surface area (Å²) in [6.07, 6.45) is 4.25. The molecular weight excluding hydrogens is 430 g/mol. The van der Waals surface area contributed by atoms with Crippen LogP contribution in [0.15, 0.2) is 73.1 Å². The lowest BCUT2D eigenvalue weighted by Crippen LogP contribution is -2.39. The topological polar surface area (TPSA) is 64.1 Å². The van der Waals surface area contributed by atoms with Crippen molar-refractivity contribution in [2.45, 2.75) is 25.7 Å². The summed E-state index contributed by atoms with van der Waals surface area (Å²) in [6, 6.07) is 20.1. The summed E-state index contributed by atoms with van der Waals surface area (Å²) in [5.41, 5.74) is 3.32. The van der Waals surface area contributed by atoms with Crippen molar-refractivity contribution in [1.82, 2.24) is 14.8 Å². The lowest BCUT2D eigenvalue weighted by Gasteiger charge is -2.25. The first-order valence-corrected chi connectivity index (χ1v) is 11.7. The number of rotatable bonds is 8. The van der Waals surface area contributed by atoms with Gasteiger partial charge in [-0.15, -0.1) is 0 Å². The highest BCUT2D eigenvalue weighted by molar-refractivity contribution is 5.78. The van der Waals surface area contributed by atoms with E-state index >= 15 is 0 Å². The number of hydrogen-bond acceptors (Lipinski definition) is 6. The predicted octanol–water partition coefficient (Wildman–Crippen LogP) is 3.28. The minimum Gasteiger partial charge on any atom is -0.454 e. The zero-order valence-corrected chi connectivity index (χ0v) is 19.1. The van der Waals surface area contributed by atoms with E-state index in [-0.39, 0.29) is 18.8 Å². The van der Waals surface area contributed by atoms with Gasteiger partial charge in [0.05, 0.1) is 19.3 Å². The van der Waals surface area contributed by atoms with Crippen LogP contribution in [0.3, 0.4) is 0 Å². The number of carbonyl (C=O) groups excluding carboxylic acids is 1. The number of hydrogen-bond donors (Lipinski definition) is 0. The molecule has 2 aromatic carbocycles. The monoisotopic (exact) mass is 459 g/mol. The van der Waals surface area contributed by atoms with Gasteiger partial charge in [-0.25, -0.2) is 0 Å². The highest BCUT2D eigenvalue weighted by atomic mass is 16.7. The fourth-order valence-electron chi connectivity index (χ4n) is 4.45. The van der Waals surface area contributed by atoms with Crippen LogP contribution in [0.5, 0.6) is 11.5 Å². The lowest BCUT2D eigenvalue weighted by atomic mass is 10.1. The summed E-state index contributed by atoms with van der Waals surface area (Å²) in [6.45, 7) is 3.55. The minimum absolute atomic E-state index is 0.107. The van der Waals surface area contributed by atoms with E-state index < -0.39 is 0 Å². The van der Waals surface area contributed by atoms with Crippen LogP contribution in [0.4, 0.5) is 0 Å². The predicted molar refractivity (Wildman–Crippen MR) is 127 cm³/mol. The number of aromatic nitrogens is 1. The van der Waals surface area contributed by atoms with Gasteiger partial charge in [-0.05, 0) is 35.7 Å². The van der Waals surface area contributed by atoms with E-state index in [0.29, 0.717) is 39.3 Å². The first-order valence-electron chi connectivity index (χ1n) is 11.7. The maximum atomic E-state index is 13.3. The molecule has 3 aromatic rings. The van der Waals surface area contributed by atoms with Crippen LogP contribution >= 0.6 is 0 Å². The van der Waals surface area contributed by atoms with E-state index in [1.165, 1.54) is 5.56 Å². The zero-order chi connectivity index (χ0) is 23.2. The summed E-state index contributed by atoms with van der Waals surface area (Å²) < 4.78 is 17.5. The molecule has 1 fully saturated rings. The summed E-state index contributed by atoms with van der Waals surface area (Å²) in [4.78, 5) is 21.4. The van der Waals surface area contributed by atoms with E-state index in [9.17, 15) is 4.79 Å². The first-order chi connectivity index (χ1) is 16.7. The largest absolute Gasteiger partial charge is 0.454 e. The quantitative estimate of drug-likeness (QED) is 0.515. The summed E-state index contributed by atoms with van der Waals surface area (Å²) in [7, 11) is 0. The molecule has 1 aromatic heterocycles. The number of pyridine rings is 1. The first kappa shape index (κ1) is 22.4. The maximum absolute atomic E-state index is 13.3. The Hall–Kier alpha value is -3.42.